The molecule has 0 heterocycles. The molecule has 0 aromatic heterocycles. The van der Waals surface area contributed by atoms with Gasteiger partial charge in [-0.2, -0.15) is 0 Å². The van der Waals surface area contributed by atoms with Crippen LogP contribution in [0.15, 0.2) is 24.3 Å². The highest BCUT2D eigenvalue weighted by atomic mass is 35.5. The number of halogens is 1. The van der Waals surface area contributed by atoms with Gasteiger partial charge in [-0.15, -0.1) is 0 Å². The Morgan fingerprint density at radius 1 is 1.33 bits per heavy atom. The first-order valence-corrected chi connectivity index (χ1v) is 5.93. The first kappa shape index (κ1) is 14.5. The third-order valence-corrected chi connectivity index (χ3v) is 3.16. The van der Waals surface area contributed by atoms with E-state index >= 15 is 0 Å². The molecule has 0 aliphatic heterocycles. The number of hydrogen-bond donors (Lipinski definition) is 2. The van der Waals surface area contributed by atoms with Gasteiger partial charge in [0.25, 0.3) is 0 Å². The number of hydrogen-bond acceptors (Lipinski definition) is 2. The van der Waals surface area contributed by atoms with Crippen molar-refractivity contribution in [3.05, 3.63) is 34.9 Å². The maximum absolute atomic E-state index is 12.1. The number of benzene rings is 1. The van der Waals surface area contributed by atoms with Gasteiger partial charge in [0, 0.05) is 5.02 Å². The summed E-state index contributed by atoms with van der Waals surface area (Å²) in [5, 5.41) is 11.7. The molecule has 0 aliphatic carbocycles. The van der Waals surface area contributed by atoms with Crippen LogP contribution in [-0.2, 0) is 15.0 Å². The predicted molar refractivity (Wildman–Crippen MR) is 69.7 cm³/mol. The van der Waals surface area contributed by atoms with Gasteiger partial charge in [-0.05, 0) is 32.4 Å². The molecule has 0 radical (unpaired) electrons. The monoisotopic (exact) mass is 269 g/mol. The van der Waals surface area contributed by atoms with E-state index in [4.69, 9.17) is 16.7 Å². The van der Waals surface area contributed by atoms with Gasteiger partial charge in [-0.25, -0.2) is 0 Å². The summed E-state index contributed by atoms with van der Waals surface area (Å²) >= 11 is 6.06. The second-order valence-electron chi connectivity index (χ2n) is 4.64. The van der Waals surface area contributed by atoms with Gasteiger partial charge in [0.05, 0.1) is 5.41 Å². The molecular weight excluding hydrogens is 254 g/mol. The highest BCUT2D eigenvalue weighted by Gasteiger charge is 2.33. The standard InChI is InChI=1S/C13H16ClNO3/c1-8(11(16)17)15-12(18)13(2,3)9-6-4-5-7-10(9)14/h4-8H,1-3H3,(H,15,18)(H,16,17)/t8-/m1/s1. The summed E-state index contributed by atoms with van der Waals surface area (Å²) in [6.45, 7) is 4.83. The van der Waals surface area contributed by atoms with E-state index < -0.39 is 17.4 Å². The summed E-state index contributed by atoms with van der Waals surface area (Å²) in [6, 6.07) is 6.09. The molecule has 98 valence electrons. The Bertz CT molecular complexity index is 471. The Morgan fingerprint density at radius 2 is 1.89 bits per heavy atom. The predicted octanol–water partition coefficient (Wildman–Crippen LogP) is 2.21. The molecule has 1 atom stereocenters. The van der Waals surface area contributed by atoms with Crippen molar-refractivity contribution in [1.82, 2.24) is 5.32 Å². The van der Waals surface area contributed by atoms with E-state index in [-0.39, 0.29) is 5.91 Å². The van der Waals surface area contributed by atoms with Crippen LogP contribution in [-0.4, -0.2) is 23.0 Å². The summed E-state index contributed by atoms with van der Waals surface area (Å²) in [4.78, 5) is 22.8. The Balaban J connectivity index is 2.97. The van der Waals surface area contributed by atoms with E-state index in [0.29, 0.717) is 10.6 Å². The number of rotatable bonds is 4. The van der Waals surface area contributed by atoms with Gasteiger partial charge in [0.1, 0.15) is 6.04 Å². The van der Waals surface area contributed by atoms with Crippen molar-refractivity contribution in [2.24, 2.45) is 0 Å². The fraction of sp³-hybridized carbons (Fsp3) is 0.385. The lowest BCUT2D eigenvalue weighted by atomic mass is 9.83. The first-order chi connectivity index (χ1) is 8.26. The summed E-state index contributed by atoms with van der Waals surface area (Å²) in [5.74, 6) is -1.44. The quantitative estimate of drug-likeness (QED) is 0.881. The Labute approximate surface area is 111 Å². The smallest absolute Gasteiger partial charge is 0.325 e. The molecular formula is C13H16ClNO3. The number of aliphatic carboxylic acids is 1. The Morgan fingerprint density at radius 3 is 2.39 bits per heavy atom. The number of carbonyl (C=O) groups is 2. The van der Waals surface area contributed by atoms with E-state index in [9.17, 15) is 9.59 Å². The maximum Gasteiger partial charge on any atom is 0.325 e. The molecule has 1 aromatic carbocycles. The van der Waals surface area contributed by atoms with Crippen LogP contribution in [0.2, 0.25) is 5.02 Å². The lowest BCUT2D eigenvalue weighted by Crippen LogP contribution is -2.47. The molecule has 0 saturated heterocycles. The van der Waals surface area contributed by atoms with Crippen molar-refractivity contribution in [1.29, 1.82) is 0 Å². The van der Waals surface area contributed by atoms with E-state index in [1.807, 2.05) is 0 Å². The van der Waals surface area contributed by atoms with Gasteiger partial charge in [-0.3, -0.25) is 9.59 Å². The van der Waals surface area contributed by atoms with E-state index in [1.165, 1.54) is 6.92 Å². The van der Waals surface area contributed by atoms with Crippen molar-refractivity contribution in [3.63, 3.8) is 0 Å². The van der Waals surface area contributed by atoms with E-state index in [0.717, 1.165) is 0 Å². The summed E-state index contributed by atoms with van der Waals surface area (Å²) in [6.07, 6.45) is 0. The largest absolute Gasteiger partial charge is 0.480 e. The highest BCUT2D eigenvalue weighted by Crippen LogP contribution is 2.29. The minimum absolute atomic E-state index is 0.370. The molecule has 0 saturated carbocycles. The molecule has 5 heteroatoms. The molecule has 0 spiro atoms. The van der Waals surface area contributed by atoms with Crippen LogP contribution in [0.4, 0.5) is 0 Å². The fourth-order valence-corrected chi connectivity index (χ4v) is 1.90. The molecule has 0 fully saturated rings. The second-order valence-corrected chi connectivity index (χ2v) is 5.05. The first-order valence-electron chi connectivity index (χ1n) is 5.55. The number of nitrogens with one attached hydrogen (secondary N) is 1. The molecule has 4 nitrogen and oxygen atoms in total. The fourth-order valence-electron chi connectivity index (χ4n) is 1.53. The summed E-state index contributed by atoms with van der Waals surface area (Å²) in [5.41, 5.74) is -0.219. The van der Waals surface area contributed by atoms with Crippen LogP contribution in [0.5, 0.6) is 0 Å². The normalized spacial score (nSPS) is 12.9. The number of carboxylic acid groups (broad SMARTS) is 1. The second kappa shape index (κ2) is 5.40. The molecule has 1 rings (SSSR count). The minimum atomic E-state index is -1.07. The Hall–Kier alpha value is -1.55. The number of carboxylic acids is 1. The molecule has 1 aromatic rings. The zero-order valence-electron chi connectivity index (χ0n) is 10.5. The SMILES string of the molecule is C[C@@H](NC(=O)C(C)(C)c1ccccc1Cl)C(=O)O. The van der Waals surface area contributed by atoms with Crippen LogP contribution in [0.3, 0.4) is 0 Å². The topological polar surface area (TPSA) is 66.4 Å². The van der Waals surface area contributed by atoms with Crippen LogP contribution >= 0.6 is 11.6 Å². The van der Waals surface area contributed by atoms with Crippen molar-refractivity contribution < 1.29 is 14.7 Å². The van der Waals surface area contributed by atoms with Gasteiger partial charge in [0.15, 0.2) is 0 Å². The summed E-state index contributed by atoms with van der Waals surface area (Å²) in [7, 11) is 0. The lowest BCUT2D eigenvalue weighted by Gasteiger charge is -2.26. The molecule has 18 heavy (non-hydrogen) atoms. The average Bonchev–Trinajstić information content (AvgIpc) is 2.28. The number of amides is 1. The van der Waals surface area contributed by atoms with Gasteiger partial charge < -0.3 is 10.4 Å². The Kier molecular flexibility index (Phi) is 4.35. The zero-order chi connectivity index (χ0) is 13.9. The van der Waals surface area contributed by atoms with Crippen LogP contribution < -0.4 is 5.32 Å². The third-order valence-electron chi connectivity index (χ3n) is 2.83. The molecule has 0 aliphatic rings. The van der Waals surface area contributed by atoms with Crippen LogP contribution in [0.1, 0.15) is 26.3 Å². The summed E-state index contributed by atoms with van der Waals surface area (Å²) < 4.78 is 0. The van der Waals surface area contributed by atoms with E-state index in [1.54, 1.807) is 38.1 Å². The molecule has 0 bridgehead atoms. The molecule has 1 amide bonds. The van der Waals surface area contributed by atoms with Gasteiger partial charge >= 0.3 is 5.97 Å². The molecule has 2 N–H and O–H groups in total. The van der Waals surface area contributed by atoms with Gasteiger partial charge in [0.2, 0.25) is 5.91 Å². The van der Waals surface area contributed by atoms with Crippen molar-refractivity contribution in [3.8, 4) is 0 Å². The maximum atomic E-state index is 12.1. The lowest BCUT2D eigenvalue weighted by molar-refractivity contribution is -0.142. The molecule has 0 unspecified atom stereocenters. The average molecular weight is 270 g/mol. The van der Waals surface area contributed by atoms with Crippen molar-refractivity contribution in [2.45, 2.75) is 32.2 Å². The van der Waals surface area contributed by atoms with Gasteiger partial charge in [-0.1, -0.05) is 29.8 Å². The van der Waals surface area contributed by atoms with Crippen LogP contribution in [0, 0.1) is 0 Å². The van der Waals surface area contributed by atoms with E-state index in [2.05, 4.69) is 5.32 Å². The highest BCUT2D eigenvalue weighted by molar-refractivity contribution is 6.31. The van der Waals surface area contributed by atoms with Crippen LogP contribution in [0.25, 0.3) is 0 Å². The van der Waals surface area contributed by atoms with Crippen molar-refractivity contribution in [2.75, 3.05) is 0 Å². The third kappa shape index (κ3) is 3.01. The van der Waals surface area contributed by atoms with Crippen molar-refractivity contribution >= 4 is 23.5 Å². The zero-order valence-corrected chi connectivity index (χ0v) is 11.3. The minimum Gasteiger partial charge on any atom is -0.480 e. The number of carbonyl (C=O) groups excluding carboxylic acids is 1.